The van der Waals surface area contributed by atoms with Crippen LogP contribution in [-0.2, 0) is 6.61 Å². The molecule has 3 aromatic carbocycles. The van der Waals surface area contributed by atoms with Crippen molar-refractivity contribution in [3.63, 3.8) is 0 Å². The van der Waals surface area contributed by atoms with Crippen LogP contribution in [0.4, 0.5) is 4.39 Å². The van der Waals surface area contributed by atoms with E-state index in [4.69, 9.17) is 16.3 Å². The summed E-state index contributed by atoms with van der Waals surface area (Å²) < 4.78 is 21.1. The van der Waals surface area contributed by atoms with Gasteiger partial charge in [-0.2, -0.15) is 0 Å². The van der Waals surface area contributed by atoms with Crippen LogP contribution in [0.15, 0.2) is 65.1 Å². The molecule has 158 valence electrons. The van der Waals surface area contributed by atoms with Gasteiger partial charge in [0, 0.05) is 20.6 Å². The lowest BCUT2D eigenvalue weighted by Crippen LogP contribution is -2.01. The molecule has 3 nitrogen and oxygen atoms in total. The lowest BCUT2D eigenvalue weighted by atomic mass is 9.95. The topological polar surface area (TPSA) is 46.5 Å². The zero-order chi connectivity index (χ0) is 22.0. The van der Waals surface area contributed by atoms with Gasteiger partial charge in [-0.3, -0.25) is 0 Å². The number of ether oxygens (including phenoxy) is 1. The van der Waals surface area contributed by atoms with Crippen LogP contribution in [0.2, 0.25) is 5.02 Å². The fraction of sp³-hybridized carbons (Fsp3) is 0.160. The SMILES string of the molecule is O=C(O)c1cccc(C2=C(c3cc(Br)ccc3OCc3ccc(Cl)cc3F)CCC2)c1. The van der Waals surface area contributed by atoms with Crippen molar-refractivity contribution in [1.29, 1.82) is 0 Å². The smallest absolute Gasteiger partial charge is 0.335 e. The molecule has 1 N–H and O–H groups in total. The molecular weight excluding hydrogens is 483 g/mol. The van der Waals surface area contributed by atoms with E-state index in [0.29, 0.717) is 16.3 Å². The third-order valence-corrected chi connectivity index (χ3v) is 6.07. The van der Waals surface area contributed by atoms with Gasteiger partial charge in [-0.1, -0.05) is 45.7 Å². The Balaban J connectivity index is 1.71. The number of benzene rings is 3. The first-order valence-corrected chi connectivity index (χ1v) is 11.0. The van der Waals surface area contributed by atoms with E-state index in [0.717, 1.165) is 46.0 Å². The van der Waals surface area contributed by atoms with Crippen molar-refractivity contribution in [2.45, 2.75) is 25.9 Å². The molecule has 0 bridgehead atoms. The molecule has 0 amide bonds. The number of allylic oxidation sites excluding steroid dienone is 2. The quantitative estimate of drug-likeness (QED) is 0.378. The van der Waals surface area contributed by atoms with Gasteiger partial charge >= 0.3 is 5.97 Å². The first kappa shape index (κ1) is 21.6. The summed E-state index contributed by atoms with van der Waals surface area (Å²) in [6, 6.07) is 17.3. The summed E-state index contributed by atoms with van der Waals surface area (Å²) in [4.78, 5) is 11.4. The van der Waals surface area contributed by atoms with Crippen LogP contribution in [0.3, 0.4) is 0 Å². The molecule has 0 radical (unpaired) electrons. The van der Waals surface area contributed by atoms with E-state index in [2.05, 4.69) is 15.9 Å². The maximum Gasteiger partial charge on any atom is 0.335 e. The zero-order valence-electron chi connectivity index (χ0n) is 16.5. The van der Waals surface area contributed by atoms with Crippen LogP contribution in [0, 0.1) is 5.82 Å². The van der Waals surface area contributed by atoms with E-state index >= 15 is 0 Å². The van der Waals surface area contributed by atoms with E-state index in [-0.39, 0.29) is 12.2 Å². The number of carboxylic acid groups (broad SMARTS) is 1. The van der Waals surface area contributed by atoms with E-state index < -0.39 is 11.8 Å². The number of hydrogen-bond acceptors (Lipinski definition) is 2. The molecule has 0 saturated carbocycles. The summed E-state index contributed by atoms with van der Waals surface area (Å²) in [5, 5.41) is 9.69. The summed E-state index contributed by atoms with van der Waals surface area (Å²) >= 11 is 9.37. The van der Waals surface area contributed by atoms with Crippen molar-refractivity contribution in [1.82, 2.24) is 0 Å². The molecule has 4 rings (SSSR count). The van der Waals surface area contributed by atoms with E-state index in [1.807, 2.05) is 24.3 Å². The minimum absolute atomic E-state index is 0.0781. The van der Waals surface area contributed by atoms with Crippen LogP contribution in [0.5, 0.6) is 5.75 Å². The average Bonchev–Trinajstić information content (AvgIpc) is 3.23. The molecule has 0 fully saturated rings. The van der Waals surface area contributed by atoms with Crippen molar-refractivity contribution in [2.75, 3.05) is 0 Å². The minimum Gasteiger partial charge on any atom is -0.488 e. The number of carboxylic acids is 1. The van der Waals surface area contributed by atoms with Crippen LogP contribution in [0.1, 0.15) is 46.3 Å². The predicted octanol–water partition coefficient (Wildman–Crippen LogP) is 7.61. The highest BCUT2D eigenvalue weighted by Gasteiger charge is 2.22. The first-order chi connectivity index (χ1) is 14.9. The zero-order valence-corrected chi connectivity index (χ0v) is 18.8. The Morgan fingerprint density at radius 3 is 2.65 bits per heavy atom. The molecule has 0 aliphatic heterocycles. The van der Waals surface area contributed by atoms with Gasteiger partial charge < -0.3 is 9.84 Å². The van der Waals surface area contributed by atoms with Gasteiger partial charge in [-0.25, -0.2) is 9.18 Å². The Hall–Kier alpha value is -2.63. The van der Waals surface area contributed by atoms with Crippen LogP contribution < -0.4 is 4.74 Å². The van der Waals surface area contributed by atoms with Gasteiger partial charge in [-0.15, -0.1) is 0 Å². The third-order valence-electron chi connectivity index (χ3n) is 5.34. The van der Waals surface area contributed by atoms with Crippen molar-refractivity contribution in [3.05, 3.63) is 98.2 Å². The maximum absolute atomic E-state index is 14.2. The molecular formula is C25H19BrClFO3. The van der Waals surface area contributed by atoms with E-state index in [9.17, 15) is 14.3 Å². The lowest BCUT2D eigenvalue weighted by molar-refractivity contribution is 0.0697. The summed E-state index contributed by atoms with van der Waals surface area (Å²) in [5.41, 5.74) is 4.76. The Labute approximate surface area is 193 Å². The fourth-order valence-electron chi connectivity index (χ4n) is 3.86. The van der Waals surface area contributed by atoms with E-state index in [1.54, 1.807) is 30.3 Å². The van der Waals surface area contributed by atoms with Crippen molar-refractivity contribution >= 4 is 44.6 Å². The Kier molecular flexibility index (Phi) is 6.44. The molecule has 0 aromatic heterocycles. The number of hydrogen-bond donors (Lipinski definition) is 1. The van der Waals surface area contributed by atoms with Crippen molar-refractivity contribution in [2.24, 2.45) is 0 Å². The number of halogens is 3. The minimum atomic E-state index is -0.946. The van der Waals surface area contributed by atoms with Gasteiger partial charge in [0.15, 0.2) is 0 Å². The summed E-state index contributed by atoms with van der Waals surface area (Å²) in [7, 11) is 0. The molecule has 0 atom stereocenters. The van der Waals surface area contributed by atoms with Crippen molar-refractivity contribution in [3.8, 4) is 5.75 Å². The third kappa shape index (κ3) is 4.83. The Bertz CT molecular complexity index is 1190. The lowest BCUT2D eigenvalue weighted by Gasteiger charge is -2.16. The monoisotopic (exact) mass is 500 g/mol. The van der Waals surface area contributed by atoms with Gasteiger partial charge in [0.1, 0.15) is 18.2 Å². The standard InChI is InChI=1S/C25H19BrClFO3/c26-18-8-10-24(31-14-17-7-9-19(27)13-23(17)28)22(12-18)21-6-2-5-20(21)15-3-1-4-16(11-15)25(29)30/h1,3-4,7-13H,2,5-6,14H2,(H,29,30). The maximum atomic E-state index is 14.2. The first-order valence-electron chi connectivity index (χ1n) is 9.85. The van der Waals surface area contributed by atoms with E-state index in [1.165, 1.54) is 6.07 Å². The van der Waals surface area contributed by atoms with Gasteiger partial charge in [0.05, 0.1) is 5.56 Å². The van der Waals surface area contributed by atoms with Gasteiger partial charge in [0.2, 0.25) is 0 Å². The summed E-state index contributed by atoms with van der Waals surface area (Å²) in [6.45, 7) is 0.0781. The molecule has 1 aliphatic carbocycles. The van der Waals surface area contributed by atoms with Crippen LogP contribution in [0.25, 0.3) is 11.1 Å². The average molecular weight is 502 g/mol. The highest BCUT2D eigenvalue weighted by Crippen LogP contribution is 2.43. The summed E-state index contributed by atoms with van der Waals surface area (Å²) in [5.74, 6) is -0.697. The Morgan fingerprint density at radius 2 is 1.87 bits per heavy atom. The van der Waals surface area contributed by atoms with Crippen LogP contribution >= 0.6 is 27.5 Å². The number of aromatic carboxylic acids is 1. The molecule has 0 heterocycles. The molecule has 6 heteroatoms. The number of rotatable bonds is 6. The molecule has 0 saturated heterocycles. The summed E-state index contributed by atoms with van der Waals surface area (Å²) in [6.07, 6.45) is 2.69. The van der Waals surface area contributed by atoms with Gasteiger partial charge in [0.25, 0.3) is 0 Å². The molecule has 3 aromatic rings. The highest BCUT2D eigenvalue weighted by atomic mass is 79.9. The fourth-order valence-corrected chi connectivity index (χ4v) is 4.38. The predicted molar refractivity (Wildman–Crippen MR) is 124 cm³/mol. The molecule has 1 aliphatic rings. The second-order valence-corrected chi connectivity index (χ2v) is 8.71. The Morgan fingerprint density at radius 1 is 1.06 bits per heavy atom. The van der Waals surface area contributed by atoms with Crippen molar-refractivity contribution < 1.29 is 19.0 Å². The molecule has 31 heavy (non-hydrogen) atoms. The second kappa shape index (κ2) is 9.25. The van der Waals surface area contributed by atoms with Gasteiger partial charge in [-0.05, 0) is 78.4 Å². The molecule has 0 unspecified atom stereocenters. The largest absolute Gasteiger partial charge is 0.488 e. The number of carbonyl (C=O) groups is 1. The normalized spacial score (nSPS) is 13.5. The molecule has 0 spiro atoms. The second-order valence-electron chi connectivity index (χ2n) is 7.36. The highest BCUT2D eigenvalue weighted by molar-refractivity contribution is 9.10. The van der Waals surface area contributed by atoms with Crippen LogP contribution in [-0.4, -0.2) is 11.1 Å².